The van der Waals surface area contributed by atoms with E-state index in [1.54, 1.807) is 7.11 Å². The van der Waals surface area contributed by atoms with Crippen LogP contribution >= 0.6 is 0 Å². The van der Waals surface area contributed by atoms with Crippen molar-refractivity contribution in [1.82, 2.24) is 20.3 Å². The predicted molar refractivity (Wildman–Crippen MR) is 127 cm³/mol. The van der Waals surface area contributed by atoms with Crippen LogP contribution in [0, 0.1) is 0 Å². The maximum atomic E-state index is 9.75. The van der Waals surface area contributed by atoms with Gasteiger partial charge in [-0.15, -0.1) is 0 Å². The van der Waals surface area contributed by atoms with E-state index in [2.05, 4.69) is 16.3 Å². The largest absolute Gasteiger partial charge is 0.496 e. The zero-order valence-corrected chi connectivity index (χ0v) is 19.2. The van der Waals surface area contributed by atoms with Gasteiger partial charge in [-0.1, -0.05) is 0 Å². The Labute approximate surface area is 198 Å². The molecule has 3 aliphatic heterocycles. The van der Waals surface area contributed by atoms with Crippen molar-refractivity contribution in [2.75, 3.05) is 44.9 Å². The second-order valence-corrected chi connectivity index (χ2v) is 9.05. The van der Waals surface area contributed by atoms with Crippen molar-refractivity contribution in [2.45, 2.75) is 37.6 Å². The third kappa shape index (κ3) is 3.78. The molecule has 178 valence electrons. The highest BCUT2D eigenvalue weighted by Crippen LogP contribution is 2.37. The van der Waals surface area contributed by atoms with Gasteiger partial charge in [0.05, 0.1) is 56.7 Å². The first-order valence-electron chi connectivity index (χ1n) is 11.9. The minimum absolute atomic E-state index is 0.104. The first-order chi connectivity index (χ1) is 16.7. The van der Waals surface area contributed by atoms with Crippen LogP contribution < -0.4 is 15.0 Å². The van der Waals surface area contributed by atoms with Crippen LogP contribution in [0.25, 0.3) is 22.3 Å². The Hall–Kier alpha value is -2.85. The highest BCUT2D eigenvalue weighted by molar-refractivity contribution is 5.89. The topological polar surface area (TPSA) is 102 Å². The molecule has 3 unspecified atom stereocenters. The van der Waals surface area contributed by atoms with Gasteiger partial charge in [0.25, 0.3) is 0 Å². The summed E-state index contributed by atoms with van der Waals surface area (Å²) >= 11 is 0. The number of methoxy groups -OCH3 is 1. The lowest BCUT2D eigenvalue weighted by molar-refractivity contribution is 0.0223. The summed E-state index contributed by atoms with van der Waals surface area (Å²) in [6.07, 6.45) is 2.01. The van der Waals surface area contributed by atoms with Gasteiger partial charge in [0.1, 0.15) is 17.7 Å². The average Bonchev–Trinajstić information content (AvgIpc) is 3.14. The van der Waals surface area contributed by atoms with Crippen LogP contribution in [-0.2, 0) is 16.1 Å². The van der Waals surface area contributed by atoms with Gasteiger partial charge >= 0.3 is 0 Å². The van der Waals surface area contributed by atoms with Gasteiger partial charge < -0.3 is 29.5 Å². The van der Waals surface area contributed by atoms with Gasteiger partial charge in [0.15, 0.2) is 11.5 Å². The molecule has 3 aromatic rings. The van der Waals surface area contributed by atoms with Crippen LogP contribution in [0.2, 0.25) is 0 Å². The number of ether oxygens (including phenoxy) is 3. The third-order valence-corrected chi connectivity index (χ3v) is 7.00. The fourth-order valence-electron chi connectivity index (χ4n) is 5.28. The van der Waals surface area contributed by atoms with Gasteiger partial charge in [-0.25, -0.2) is 15.0 Å². The Bertz CT molecular complexity index is 1180. The van der Waals surface area contributed by atoms with Gasteiger partial charge in [-0.2, -0.15) is 0 Å². The molecule has 0 aliphatic carbocycles. The fourth-order valence-corrected chi connectivity index (χ4v) is 5.28. The molecule has 2 N–H and O–H groups in total. The van der Waals surface area contributed by atoms with Gasteiger partial charge in [0.2, 0.25) is 0 Å². The highest BCUT2D eigenvalue weighted by atomic mass is 16.5. The normalized spacial score (nSPS) is 24.5. The van der Waals surface area contributed by atoms with Crippen LogP contribution in [0.4, 0.5) is 5.82 Å². The molecule has 3 atom stereocenters. The first kappa shape index (κ1) is 21.7. The summed E-state index contributed by atoms with van der Waals surface area (Å²) in [5.41, 5.74) is 3.06. The third-order valence-electron chi connectivity index (χ3n) is 7.00. The van der Waals surface area contributed by atoms with Crippen molar-refractivity contribution in [3.05, 3.63) is 41.7 Å². The van der Waals surface area contributed by atoms with E-state index in [9.17, 15) is 5.11 Å². The second-order valence-electron chi connectivity index (χ2n) is 9.05. The number of hydrogen-bond acceptors (Lipinski definition) is 9. The second kappa shape index (κ2) is 9.07. The van der Waals surface area contributed by atoms with Crippen LogP contribution in [0.3, 0.4) is 0 Å². The zero-order chi connectivity index (χ0) is 23.1. The summed E-state index contributed by atoms with van der Waals surface area (Å²) in [4.78, 5) is 17.3. The van der Waals surface area contributed by atoms with Gasteiger partial charge in [-0.3, -0.25) is 0 Å². The number of rotatable bonds is 5. The van der Waals surface area contributed by atoms with E-state index in [4.69, 9.17) is 29.2 Å². The summed E-state index contributed by atoms with van der Waals surface area (Å²) in [7, 11) is 1.60. The number of aliphatic hydroxyl groups is 1. The monoisotopic (exact) mass is 463 g/mol. The minimum atomic E-state index is -0.206. The van der Waals surface area contributed by atoms with E-state index in [1.807, 2.05) is 24.3 Å². The molecule has 0 saturated carbocycles. The Balaban J connectivity index is 1.47. The summed E-state index contributed by atoms with van der Waals surface area (Å²) in [6, 6.07) is 10.4. The SMILES string of the molecule is COc1ccc(-c2ccc3c(N4C5CCC4COC5)nc(C4CNCCO4)nc3n2)cc1CO. The van der Waals surface area contributed by atoms with Crippen molar-refractivity contribution in [1.29, 1.82) is 0 Å². The number of pyridine rings is 1. The Morgan fingerprint density at radius 2 is 1.97 bits per heavy atom. The quantitative estimate of drug-likeness (QED) is 0.590. The van der Waals surface area contributed by atoms with E-state index in [0.717, 1.165) is 60.6 Å². The lowest BCUT2D eigenvalue weighted by Gasteiger charge is -2.36. The Morgan fingerprint density at radius 3 is 2.71 bits per heavy atom. The number of anilines is 1. The first-order valence-corrected chi connectivity index (χ1v) is 11.9. The number of nitrogens with one attached hydrogen (secondary N) is 1. The average molecular weight is 464 g/mol. The molecular weight excluding hydrogens is 434 g/mol. The van der Waals surface area contributed by atoms with Crippen molar-refractivity contribution >= 4 is 16.9 Å². The summed E-state index contributed by atoms with van der Waals surface area (Å²) in [6.45, 7) is 3.48. The number of morpholine rings is 2. The van der Waals surface area contributed by atoms with Crippen LogP contribution in [0.5, 0.6) is 5.75 Å². The van der Waals surface area contributed by atoms with Crippen LogP contribution in [0.15, 0.2) is 30.3 Å². The standard InChI is InChI=1S/C25H29N5O4/c1-32-21-7-2-15(10-16(21)12-31)20-6-5-19-23(27-20)28-24(22-11-26-8-9-34-22)29-25(19)30-17-3-4-18(30)14-33-13-17/h2,5-7,10,17-18,22,26,31H,3-4,8-9,11-14H2,1H3. The van der Waals surface area contributed by atoms with E-state index >= 15 is 0 Å². The molecule has 9 heteroatoms. The molecule has 3 fully saturated rings. The van der Waals surface area contributed by atoms with E-state index < -0.39 is 0 Å². The van der Waals surface area contributed by atoms with E-state index in [-0.39, 0.29) is 12.7 Å². The van der Waals surface area contributed by atoms with Gasteiger partial charge in [-0.05, 0) is 43.2 Å². The van der Waals surface area contributed by atoms with Crippen molar-refractivity contribution in [2.24, 2.45) is 0 Å². The Morgan fingerprint density at radius 1 is 1.12 bits per heavy atom. The van der Waals surface area contributed by atoms with Crippen LogP contribution in [-0.4, -0.2) is 72.2 Å². The molecule has 6 rings (SSSR count). The highest BCUT2D eigenvalue weighted by Gasteiger charge is 2.39. The molecule has 0 spiro atoms. The number of hydrogen-bond donors (Lipinski definition) is 2. The molecule has 0 amide bonds. The van der Waals surface area contributed by atoms with Crippen molar-refractivity contribution in [3.63, 3.8) is 0 Å². The smallest absolute Gasteiger partial charge is 0.165 e. The van der Waals surface area contributed by atoms with Crippen molar-refractivity contribution in [3.8, 4) is 17.0 Å². The number of fused-ring (bicyclic) bond motifs is 3. The van der Waals surface area contributed by atoms with E-state index in [1.165, 1.54) is 0 Å². The molecule has 3 saturated heterocycles. The molecule has 0 radical (unpaired) electrons. The summed E-state index contributed by atoms with van der Waals surface area (Å²) in [5, 5.41) is 14.1. The minimum Gasteiger partial charge on any atom is -0.496 e. The van der Waals surface area contributed by atoms with E-state index in [0.29, 0.717) is 42.5 Å². The number of aliphatic hydroxyl groups excluding tert-OH is 1. The molecule has 2 aromatic heterocycles. The lowest BCUT2D eigenvalue weighted by atomic mass is 10.1. The summed E-state index contributed by atoms with van der Waals surface area (Å²) < 4.78 is 17.2. The number of benzene rings is 1. The maximum Gasteiger partial charge on any atom is 0.165 e. The van der Waals surface area contributed by atoms with Gasteiger partial charge in [0, 0.05) is 24.2 Å². The fraction of sp³-hybridized carbons (Fsp3) is 0.480. The molecule has 2 bridgehead atoms. The zero-order valence-electron chi connectivity index (χ0n) is 19.2. The molecule has 5 heterocycles. The predicted octanol–water partition coefficient (Wildman–Crippen LogP) is 2.22. The molecule has 1 aromatic carbocycles. The van der Waals surface area contributed by atoms with Crippen LogP contribution in [0.1, 0.15) is 30.3 Å². The Kier molecular flexibility index (Phi) is 5.78. The lowest BCUT2D eigenvalue weighted by Crippen LogP contribution is -2.46. The number of nitrogens with zero attached hydrogens (tertiary/aromatic N) is 4. The maximum absolute atomic E-state index is 9.75. The molecule has 3 aliphatic rings. The molecular formula is C25H29N5O4. The molecule has 9 nitrogen and oxygen atoms in total. The summed E-state index contributed by atoms with van der Waals surface area (Å²) in [5.74, 6) is 2.24. The number of aromatic nitrogens is 3. The molecule has 34 heavy (non-hydrogen) atoms. The van der Waals surface area contributed by atoms with Crippen molar-refractivity contribution < 1.29 is 19.3 Å².